The quantitative estimate of drug-likeness (QED) is 0.675. The van der Waals surface area contributed by atoms with E-state index >= 15 is 0 Å². The number of hydrogen-bond acceptors (Lipinski definition) is 3. The van der Waals surface area contributed by atoms with Crippen LogP contribution in [0, 0.1) is 11.3 Å². The molecule has 0 aromatic carbocycles. The molecule has 1 heterocycles. The summed E-state index contributed by atoms with van der Waals surface area (Å²) in [7, 11) is 0. The predicted octanol–water partition coefficient (Wildman–Crippen LogP) is 2.37. The van der Waals surface area contributed by atoms with E-state index in [1.54, 1.807) is 0 Å². The van der Waals surface area contributed by atoms with Crippen LogP contribution < -0.4 is 5.32 Å². The van der Waals surface area contributed by atoms with Gasteiger partial charge >= 0.3 is 0 Å². The molecule has 0 aromatic rings. The number of hydrogen-bond donors (Lipinski definition) is 1. The van der Waals surface area contributed by atoms with Crippen molar-refractivity contribution >= 4 is 0 Å². The van der Waals surface area contributed by atoms with Gasteiger partial charge in [0, 0.05) is 32.8 Å². The van der Waals surface area contributed by atoms with E-state index < -0.39 is 0 Å². The molecule has 1 aliphatic rings. The van der Waals surface area contributed by atoms with E-state index in [0.29, 0.717) is 5.41 Å². The first-order chi connectivity index (χ1) is 8.54. The first kappa shape index (κ1) is 15.9. The van der Waals surface area contributed by atoms with E-state index in [1.807, 2.05) is 6.92 Å². The SMILES string of the molecule is CCOCCCNCCN1CCC(C(C)(C)C)C1. The zero-order valence-corrected chi connectivity index (χ0v) is 12.8. The Kier molecular flexibility index (Phi) is 7.20. The second-order valence-electron chi connectivity index (χ2n) is 6.45. The summed E-state index contributed by atoms with van der Waals surface area (Å²) < 4.78 is 5.31. The van der Waals surface area contributed by atoms with Crippen molar-refractivity contribution < 1.29 is 4.74 Å². The van der Waals surface area contributed by atoms with Crippen LogP contribution in [0.4, 0.5) is 0 Å². The third kappa shape index (κ3) is 6.17. The molecule has 1 atom stereocenters. The lowest BCUT2D eigenvalue weighted by atomic mass is 9.80. The molecule has 18 heavy (non-hydrogen) atoms. The zero-order valence-electron chi connectivity index (χ0n) is 12.8. The summed E-state index contributed by atoms with van der Waals surface area (Å²) in [5.41, 5.74) is 0.472. The monoisotopic (exact) mass is 256 g/mol. The van der Waals surface area contributed by atoms with Gasteiger partial charge in [0.2, 0.25) is 0 Å². The minimum Gasteiger partial charge on any atom is -0.382 e. The fourth-order valence-corrected chi connectivity index (χ4v) is 2.55. The molecule has 0 saturated carbocycles. The Morgan fingerprint density at radius 3 is 2.67 bits per heavy atom. The molecule has 108 valence electrons. The van der Waals surface area contributed by atoms with Crippen LogP contribution in [0.3, 0.4) is 0 Å². The molecule has 3 heteroatoms. The van der Waals surface area contributed by atoms with Crippen molar-refractivity contribution in [2.24, 2.45) is 11.3 Å². The molecule has 1 saturated heterocycles. The van der Waals surface area contributed by atoms with Gasteiger partial charge in [-0.3, -0.25) is 0 Å². The molecule has 0 spiro atoms. The van der Waals surface area contributed by atoms with Gasteiger partial charge in [-0.05, 0) is 44.2 Å². The summed E-state index contributed by atoms with van der Waals surface area (Å²) in [5, 5.41) is 3.50. The van der Waals surface area contributed by atoms with Gasteiger partial charge < -0.3 is 15.0 Å². The summed E-state index contributed by atoms with van der Waals surface area (Å²) >= 11 is 0. The highest BCUT2D eigenvalue weighted by Crippen LogP contribution is 2.33. The van der Waals surface area contributed by atoms with Crippen LogP contribution in [0.1, 0.15) is 40.5 Å². The molecule has 0 bridgehead atoms. The summed E-state index contributed by atoms with van der Waals surface area (Å²) in [6.45, 7) is 16.8. The van der Waals surface area contributed by atoms with Crippen molar-refractivity contribution in [1.29, 1.82) is 0 Å². The van der Waals surface area contributed by atoms with E-state index in [0.717, 1.165) is 38.6 Å². The van der Waals surface area contributed by atoms with E-state index in [2.05, 4.69) is 31.0 Å². The second-order valence-corrected chi connectivity index (χ2v) is 6.45. The van der Waals surface area contributed by atoms with Crippen LogP contribution in [0.25, 0.3) is 0 Å². The fourth-order valence-electron chi connectivity index (χ4n) is 2.55. The number of nitrogens with zero attached hydrogens (tertiary/aromatic N) is 1. The molecular weight excluding hydrogens is 224 g/mol. The molecule has 1 rings (SSSR count). The Labute approximate surface area is 113 Å². The van der Waals surface area contributed by atoms with Crippen LogP contribution in [0.2, 0.25) is 0 Å². The second kappa shape index (κ2) is 8.13. The lowest BCUT2D eigenvalue weighted by Gasteiger charge is -2.27. The standard InChI is InChI=1S/C15H32N2O/c1-5-18-12-6-8-16-9-11-17-10-7-14(13-17)15(2,3)4/h14,16H,5-13H2,1-4H3. The number of ether oxygens (including phenoxy) is 1. The third-order valence-corrected chi connectivity index (χ3v) is 3.95. The highest BCUT2D eigenvalue weighted by atomic mass is 16.5. The Bertz CT molecular complexity index is 213. The molecule has 1 aliphatic heterocycles. The largest absolute Gasteiger partial charge is 0.382 e. The predicted molar refractivity (Wildman–Crippen MR) is 78.0 cm³/mol. The van der Waals surface area contributed by atoms with Crippen molar-refractivity contribution in [3.63, 3.8) is 0 Å². The Morgan fingerprint density at radius 1 is 1.28 bits per heavy atom. The molecule has 1 fully saturated rings. The Hall–Kier alpha value is -0.120. The van der Waals surface area contributed by atoms with Crippen LogP contribution in [-0.2, 0) is 4.74 Å². The summed E-state index contributed by atoms with van der Waals surface area (Å²) in [6.07, 6.45) is 2.49. The molecule has 0 aliphatic carbocycles. The van der Waals surface area contributed by atoms with Gasteiger partial charge in [-0.25, -0.2) is 0 Å². The van der Waals surface area contributed by atoms with Crippen molar-refractivity contribution in [3.05, 3.63) is 0 Å². The third-order valence-electron chi connectivity index (χ3n) is 3.95. The maximum Gasteiger partial charge on any atom is 0.0477 e. The van der Waals surface area contributed by atoms with E-state index in [9.17, 15) is 0 Å². The molecular formula is C15H32N2O. The topological polar surface area (TPSA) is 24.5 Å². The number of nitrogens with one attached hydrogen (secondary N) is 1. The lowest BCUT2D eigenvalue weighted by molar-refractivity contribution is 0.144. The normalized spacial score (nSPS) is 21.7. The molecule has 1 unspecified atom stereocenters. The number of likely N-dealkylation sites (tertiary alicyclic amines) is 1. The Morgan fingerprint density at radius 2 is 2.06 bits per heavy atom. The van der Waals surface area contributed by atoms with Crippen LogP contribution >= 0.6 is 0 Å². The zero-order chi connectivity index (χ0) is 13.4. The minimum atomic E-state index is 0.472. The average Bonchev–Trinajstić information content (AvgIpc) is 2.76. The van der Waals surface area contributed by atoms with Gasteiger partial charge in [0.1, 0.15) is 0 Å². The summed E-state index contributed by atoms with van der Waals surface area (Å²) in [4.78, 5) is 2.60. The van der Waals surface area contributed by atoms with Crippen molar-refractivity contribution in [2.45, 2.75) is 40.5 Å². The number of rotatable bonds is 8. The summed E-state index contributed by atoms with van der Waals surface area (Å²) in [5.74, 6) is 0.871. The molecule has 0 radical (unpaired) electrons. The molecule has 3 nitrogen and oxygen atoms in total. The van der Waals surface area contributed by atoms with Gasteiger partial charge in [-0.15, -0.1) is 0 Å². The van der Waals surface area contributed by atoms with Gasteiger partial charge in [0.15, 0.2) is 0 Å². The highest BCUT2D eigenvalue weighted by molar-refractivity contribution is 4.83. The van der Waals surface area contributed by atoms with Gasteiger partial charge in [0.25, 0.3) is 0 Å². The fraction of sp³-hybridized carbons (Fsp3) is 1.00. The van der Waals surface area contributed by atoms with Crippen molar-refractivity contribution in [2.75, 3.05) is 45.9 Å². The van der Waals surface area contributed by atoms with Gasteiger partial charge in [-0.2, -0.15) is 0 Å². The van der Waals surface area contributed by atoms with Gasteiger partial charge in [0.05, 0.1) is 0 Å². The van der Waals surface area contributed by atoms with Crippen LogP contribution in [0.5, 0.6) is 0 Å². The summed E-state index contributed by atoms with van der Waals surface area (Å²) in [6, 6.07) is 0. The molecule has 1 N–H and O–H groups in total. The molecule has 0 amide bonds. The minimum absolute atomic E-state index is 0.472. The van der Waals surface area contributed by atoms with Crippen molar-refractivity contribution in [3.8, 4) is 0 Å². The van der Waals surface area contributed by atoms with Crippen LogP contribution in [-0.4, -0.2) is 50.8 Å². The van der Waals surface area contributed by atoms with E-state index in [-0.39, 0.29) is 0 Å². The maximum absolute atomic E-state index is 5.31. The first-order valence-corrected chi connectivity index (χ1v) is 7.55. The lowest BCUT2D eigenvalue weighted by Crippen LogP contribution is -2.32. The van der Waals surface area contributed by atoms with E-state index in [4.69, 9.17) is 4.74 Å². The Balaban J connectivity index is 1.98. The molecule has 0 aromatic heterocycles. The van der Waals surface area contributed by atoms with Gasteiger partial charge in [-0.1, -0.05) is 20.8 Å². The average molecular weight is 256 g/mol. The smallest absolute Gasteiger partial charge is 0.0477 e. The highest BCUT2D eigenvalue weighted by Gasteiger charge is 2.31. The first-order valence-electron chi connectivity index (χ1n) is 7.55. The van der Waals surface area contributed by atoms with Crippen molar-refractivity contribution in [1.82, 2.24) is 10.2 Å². The van der Waals surface area contributed by atoms with E-state index in [1.165, 1.54) is 26.1 Å². The van der Waals surface area contributed by atoms with Crippen LogP contribution in [0.15, 0.2) is 0 Å². The maximum atomic E-state index is 5.31.